The summed E-state index contributed by atoms with van der Waals surface area (Å²) in [6.45, 7) is 1.56. The summed E-state index contributed by atoms with van der Waals surface area (Å²) >= 11 is 6.26. The molecule has 1 heterocycles. The number of amides is 1. The summed E-state index contributed by atoms with van der Waals surface area (Å²) in [5.74, 6) is -1.06. The summed E-state index contributed by atoms with van der Waals surface area (Å²) in [5, 5.41) is 13.1. The number of hydrogen-bond acceptors (Lipinski definition) is 3. The molecule has 1 unspecified atom stereocenters. The maximum absolute atomic E-state index is 14.0. The average molecular weight is 445 g/mol. The quantitative estimate of drug-likeness (QED) is 0.604. The lowest BCUT2D eigenvalue weighted by atomic mass is 9.91. The van der Waals surface area contributed by atoms with Gasteiger partial charge in [-0.15, -0.1) is 0 Å². The maximum atomic E-state index is 14.0. The Morgan fingerprint density at radius 2 is 2.10 bits per heavy atom. The fraction of sp³-hybridized carbons (Fsp3) is 0.304. The van der Waals surface area contributed by atoms with E-state index in [4.69, 9.17) is 16.3 Å². The molecule has 0 aliphatic heterocycles. The van der Waals surface area contributed by atoms with E-state index in [2.05, 4.69) is 5.32 Å². The second-order valence-corrected chi connectivity index (χ2v) is 8.16. The van der Waals surface area contributed by atoms with Crippen LogP contribution in [-0.4, -0.2) is 34.2 Å². The van der Waals surface area contributed by atoms with Gasteiger partial charge in [-0.1, -0.05) is 29.8 Å². The number of fused-ring (bicyclic) bond motifs is 3. The number of rotatable bonds is 6. The van der Waals surface area contributed by atoms with Crippen molar-refractivity contribution in [3.05, 3.63) is 64.1 Å². The monoisotopic (exact) mass is 444 g/mol. The number of nitrogens with zero attached hydrogens (tertiary/aromatic N) is 1. The molecule has 0 bridgehead atoms. The van der Waals surface area contributed by atoms with Gasteiger partial charge in [-0.05, 0) is 55.5 Å². The van der Waals surface area contributed by atoms with Gasteiger partial charge in [0.15, 0.2) is 6.61 Å². The number of para-hydroxylation sites is 1. The number of aromatic nitrogens is 1. The zero-order chi connectivity index (χ0) is 22.1. The summed E-state index contributed by atoms with van der Waals surface area (Å²) in [6.07, 6.45) is 1.66. The summed E-state index contributed by atoms with van der Waals surface area (Å²) in [4.78, 5) is 23.8. The number of aliphatic carboxylic acids is 1. The zero-order valence-electron chi connectivity index (χ0n) is 17.0. The normalized spacial score (nSPS) is 15.5. The van der Waals surface area contributed by atoms with Crippen molar-refractivity contribution in [2.75, 3.05) is 6.61 Å². The minimum Gasteiger partial charge on any atom is -0.484 e. The van der Waals surface area contributed by atoms with Gasteiger partial charge in [0.1, 0.15) is 18.1 Å². The van der Waals surface area contributed by atoms with E-state index in [9.17, 15) is 19.1 Å². The van der Waals surface area contributed by atoms with Crippen molar-refractivity contribution >= 4 is 34.4 Å². The van der Waals surface area contributed by atoms with Gasteiger partial charge in [0, 0.05) is 17.1 Å². The van der Waals surface area contributed by atoms with Gasteiger partial charge in [-0.3, -0.25) is 9.59 Å². The SMILES string of the molecule is Cc1ccccc1OCC(=O)NC1CCc2c(c3cc(F)cc(Cl)c3n2CC(=O)O)C1. The number of aryl methyl sites for hydroxylation is 1. The first-order valence-corrected chi connectivity index (χ1v) is 10.4. The topological polar surface area (TPSA) is 80.6 Å². The van der Waals surface area contributed by atoms with Gasteiger partial charge in [-0.2, -0.15) is 0 Å². The molecule has 3 aromatic rings. The van der Waals surface area contributed by atoms with Crippen LogP contribution in [0.1, 0.15) is 23.2 Å². The van der Waals surface area contributed by atoms with Gasteiger partial charge in [-0.25, -0.2) is 4.39 Å². The van der Waals surface area contributed by atoms with Crippen LogP contribution < -0.4 is 10.1 Å². The van der Waals surface area contributed by atoms with Gasteiger partial charge < -0.3 is 19.7 Å². The van der Waals surface area contributed by atoms with Crippen molar-refractivity contribution in [1.29, 1.82) is 0 Å². The van der Waals surface area contributed by atoms with Crippen molar-refractivity contribution in [3.63, 3.8) is 0 Å². The van der Waals surface area contributed by atoms with Crippen LogP contribution in [0, 0.1) is 12.7 Å². The molecule has 0 fully saturated rings. The molecule has 2 aromatic carbocycles. The predicted octanol–water partition coefficient (Wildman–Crippen LogP) is 3.88. The highest BCUT2D eigenvalue weighted by atomic mass is 35.5. The fourth-order valence-corrected chi connectivity index (χ4v) is 4.57. The number of carbonyl (C=O) groups is 2. The van der Waals surface area contributed by atoms with Crippen molar-refractivity contribution in [3.8, 4) is 5.75 Å². The van der Waals surface area contributed by atoms with Crippen LogP contribution in [0.4, 0.5) is 4.39 Å². The molecule has 162 valence electrons. The van der Waals surface area contributed by atoms with E-state index >= 15 is 0 Å². The number of benzene rings is 2. The number of carbonyl (C=O) groups excluding carboxylic acids is 1. The summed E-state index contributed by atoms with van der Waals surface area (Å²) in [6, 6.07) is 9.88. The van der Waals surface area contributed by atoms with Crippen molar-refractivity contribution in [1.82, 2.24) is 9.88 Å². The van der Waals surface area contributed by atoms with Crippen LogP contribution in [0.15, 0.2) is 36.4 Å². The molecule has 8 heteroatoms. The summed E-state index contributed by atoms with van der Waals surface area (Å²) < 4.78 is 21.3. The molecule has 1 aliphatic rings. The Morgan fingerprint density at radius 1 is 1.32 bits per heavy atom. The number of ether oxygens (including phenoxy) is 1. The lowest BCUT2D eigenvalue weighted by Gasteiger charge is -2.25. The van der Waals surface area contributed by atoms with Crippen LogP contribution in [0.3, 0.4) is 0 Å². The Morgan fingerprint density at radius 3 is 2.84 bits per heavy atom. The van der Waals surface area contributed by atoms with E-state index < -0.39 is 11.8 Å². The van der Waals surface area contributed by atoms with E-state index in [1.807, 2.05) is 31.2 Å². The molecule has 1 aliphatic carbocycles. The molecule has 0 spiro atoms. The standard InChI is InChI=1S/C23H22ClFN2O4/c1-13-4-2-3-5-20(13)31-12-21(28)26-15-6-7-19-16(10-15)17-8-14(25)9-18(24)23(17)27(19)11-22(29)30/h2-5,8-9,15H,6-7,10-12H2,1H3,(H,26,28)(H,29,30). The van der Waals surface area contributed by atoms with Gasteiger partial charge in [0.05, 0.1) is 10.5 Å². The first kappa shape index (κ1) is 21.2. The third kappa shape index (κ3) is 4.37. The van der Waals surface area contributed by atoms with E-state index in [-0.39, 0.29) is 30.1 Å². The molecule has 2 N–H and O–H groups in total. The Labute approximate surface area is 183 Å². The molecule has 0 saturated heterocycles. The van der Waals surface area contributed by atoms with Gasteiger partial charge in [0.2, 0.25) is 0 Å². The zero-order valence-corrected chi connectivity index (χ0v) is 17.7. The fourth-order valence-electron chi connectivity index (χ4n) is 4.26. The Hall–Kier alpha value is -3.06. The largest absolute Gasteiger partial charge is 0.484 e. The van der Waals surface area contributed by atoms with E-state index in [0.717, 1.165) is 16.8 Å². The molecular formula is C23H22ClFN2O4. The Balaban J connectivity index is 1.53. The second-order valence-electron chi connectivity index (χ2n) is 7.75. The van der Waals surface area contributed by atoms with Gasteiger partial charge >= 0.3 is 5.97 Å². The van der Waals surface area contributed by atoms with Gasteiger partial charge in [0.25, 0.3) is 5.91 Å². The van der Waals surface area contributed by atoms with Crippen LogP contribution >= 0.6 is 11.6 Å². The first-order valence-electron chi connectivity index (χ1n) is 10.0. The average Bonchev–Trinajstić information content (AvgIpc) is 3.00. The van der Waals surface area contributed by atoms with E-state index in [1.165, 1.54) is 12.1 Å². The van der Waals surface area contributed by atoms with Crippen LogP contribution in [-0.2, 0) is 29.0 Å². The molecule has 0 saturated carbocycles. The molecule has 1 aromatic heterocycles. The molecular weight excluding hydrogens is 423 g/mol. The number of halogens is 2. The molecule has 4 rings (SSSR count). The second kappa shape index (κ2) is 8.59. The third-order valence-electron chi connectivity index (χ3n) is 5.59. The summed E-state index contributed by atoms with van der Waals surface area (Å²) in [5.41, 5.74) is 3.12. The van der Waals surface area contributed by atoms with Crippen molar-refractivity contribution in [2.45, 2.75) is 38.8 Å². The molecule has 31 heavy (non-hydrogen) atoms. The number of carboxylic acid groups (broad SMARTS) is 1. The maximum Gasteiger partial charge on any atom is 0.323 e. The van der Waals surface area contributed by atoms with E-state index in [0.29, 0.717) is 35.9 Å². The highest BCUT2D eigenvalue weighted by Gasteiger charge is 2.28. The summed E-state index contributed by atoms with van der Waals surface area (Å²) in [7, 11) is 0. The smallest absolute Gasteiger partial charge is 0.323 e. The number of carboxylic acids is 1. The highest BCUT2D eigenvalue weighted by molar-refractivity contribution is 6.35. The Bertz CT molecular complexity index is 1170. The molecule has 1 amide bonds. The number of nitrogens with one attached hydrogen (secondary N) is 1. The molecule has 6 nitrogen and oxygen atoms in total. The van der Waals surface area contributed by atoms with Crippen molar-refractivity contribution in [2.24, 2.45) is 0 Å². The third-order valence-corrected chi connectivity index (χ3v) is 5.88. The van der Waals surface area contributed by atoms with Crippen LogP contribution in [0.5, 0.6) is 5.75 Å². The minimum atomic E-state index is -0.996. The molecule has 0 radical (unpaired) electrons. The van der Waals surface area contributed by atoms with Crippen molar-refractivity contribution < 1.29 is 23.8 Å². The first-order chi connectivity index (χ1) is 14.8. The number of hydrogen-bond donors (Lipinski definition) is 2. The minimum absolute atomic E-state index is 0.102. The lowest BCUT2D eigenvalue weighted by Crippen LogP contribution is -2.41. The lowest BCUT2D eigenvalue weighted by molar-refractivity contribution is -0.137. The van der Waals surface area contributed by atoms with Crippen LogP contribution in [0.2, 0.25) is 5.02 Å². The highest BCUT2D eigenvalue weighted by Crippen LogP contribution is 2.36. The Kier molecular flexibility index (Phi) is 5.87. The predicted molar refractivity (Wildman–Crippen MR) is 115 cm³/mol. The van der Waals surface area contributed by atoms with E-state index in [1.54, 1.807) is 4.57 Å². The van der Waals surface area contributed by atoms with Crippen LogP contribution in [0.25, 0.3) is 10.9 Å². The molecule has 1 atom stereocenters.